The van der Waals surface area contributed by atoms with Gasteiger partial charge < -0.3 is 0 Å². The van der Waals surface area contributed by atoms with Gasteiger partial charge in [0.25, 0.3) is 0 Å². The van der Waals surface area contributed by atoms with Crippen LogP contribution in [0.1, 0.15) is 17.3 Å². The van der Waals surface area contributed by atoms with Gasteiger partial charge in [-0.25, -0.2) is 0 Å². The molecule has 0 atom stereocenters. The molecular weight excluding hydrogens is 255 g/mol. The Morgan fingerprint density at radius 1 is 0.941 bits per heavy atom. The molecule has 0 N–H and O–H groups in total. The number of hydrogen-bond donors (Lipinski definition) is 0. The maximum atomic E-state index is 11.5. The van der Waals surface area contributed by atoms with Gasteiger partial charge in [0.2, 0.25) is 0 Å². The molecule has 0 heterocycles. The average molecular weight is 265 g/mol. The third-order valence-electron chi connectivity index (χ3n) is 2.52. The molecule has 2 aromatic carbocycles. The van der Waals surface area contributed by atoms with Crippen molar-refractivity contribution in [3.63, 3.8) is 0 Å². The third-order valence-corrected chi connectivity index (χ3v) is 3.00. The van der Waals surface area contributed by atoms with Gasteiger partial charge in [-0.05, 0) is 48.4 Å². The second-order valence-corrected chi connectivity index (χ2v) is 4.63. The molecule has 0 unspecified atom stereocenters. The molecule has 0 fully saturated rings. The van der Waals surface area contributed by atoms with Crippen LogP contribution < -0.4 is 0 Å². The van der Waals surface area contributed by atoms with Crippen molar-refractivity contribution in [2.75, 3.05) is 0 Å². The predicted molar refractivity (Wildman–Crippen MR) is 71.9 cm³/mol. The van der Waals surface area contributed by atoms with Gasteiger partial charge in [-0.3, -0.25) is 4.79 Å². The van der Waals surface area contributed by atoms with E-state index in [4.69, 9.17) is 23.2 Å². The third kappa shape index (κ3) is 2.68. The first-order chi connectivity index (χ1) is 8.08. The van der Waals surface area contributed by atoms with Gasteiger partial charge in [-0.2, -0.15) is 0 Å². The van der Waals surface area contributed by atoms with Gasteiger partial charge in [0.1, 0.15) is 0 Å². The molecule has 86 valence electrons. The summed E-state index contributed by atoms with van der Waals surface area (Å²) in [4.78, 5) is 11.5. The van der Waals surface area contributed by atoms with Gasteiger partial charge in [0, 0.05) is 15.6 Å². The normalized spacial score (nSPS) is 10.3. The zero-order valence-corrected chi connectivity index (χ0v) is 10.7. The molecular formula is C14H10Cl2O. The second kappa shape index (κ2) is 4.91. The van der Waals surface area contributed by atoms with Crippen molar-refractivity contribution in [1.29, 1.82) is 0 Å². The Balaban J connectivity index is 2.60. The number of hydrogen-bond acceptors (Lipinski definition) is 1. The fraction of sp³-hybridized carbons (Fsp3) is 0.0714. The van der Waals surface area contributed by atoms with E-state index in [0.29, 0.717) is 15.6 Å². The number of carbonyl (C=O) groups is 1. The largest absolute Gasteiger partial charge is 0.294 e. The molecule has 0 amide bonds. The van der Waals surface area contributed by atoms with Crippen molar-refractivity contribution in [2.24, 2.45) is 0 Å². The van der Waals surface area contributed by atoms with Crippen LogP contribution in [0.5, 0.6) is 0 Å². The van der Waals surface area contributed by atoms with E-state index < -0.39 is 0 Å². The number of rotatable bonds is 2. The van der Waals surface area contributed by atoms with Gasteiger partial charge in [0.05, 0.1) is 0 Å². The molecule has 0 saturated heterocycles. The summed E-state index contributed by atoms with van der Waals surface area (Å²) >= 11 is 11.8. The van der Waals surface area contributed by atoms with Crippen LogP contribution >= 0.6 is 23.2 Å². The fourth-order valence-electron chi connectivity index (χ4n) is 1.69. The summed E-state index contributed by atoms with van der Waals surface area (Å²) < 4.78 is 0. The quantitative estimate of drug-likeness (QED) is 0.708. The summed E-state index contributed by atoms with van der Waals surface area (Å²) in [5, 5.41) is 1.28. The summed E-state index contributed by atoms with van der Waals surface area (Å²) in [6.07, 6.45) is 0. The number of Topliss-reactive ketones (excluding diaryl/α,β-unsaturated/α-hetero) is 1. The minimum absolute atomic E-state index is 0.0200. The van der Waals surface area contributed by atoms with Gasteiger partial charge in [-0.15, -0.1) is 0 Å². The first-order valence-electron chi connectivity index (χ1n) is 5.14. The minimum Gasteiger partial charge on any atom is -0.294 e. The minimum atomic E-state index is 0.0200. The maximum Gasteiger partial charge on any atom is 0.160 e. The SMILES string of the molecule is CC(=O)c1ccc(Cl)cc1-c1ccc(Cl)cc1. The summed E-state index contributed by atoms with van der Waals surface area (Å²) in [5.74, 6) is 0.0200. The lowest BCUT2D eigenvalue weighted by atomic mass is 9.98. The second-order valence-electron chi connectivity index (χ2n) is 3.75. The van der Waals surface area contributed by atoms with E-state index in [2.05, 4.69) is 0 Å². The molecule has 0 spiro atoms. The van der Waals surface area contributed by atoms with Crippen molar-refractivity contribution < 1.29 is 4.79 Å². The van der Waals surface area contributed by atoms with Crippen LogP contribution in [-0.2, 0) is 0 Å². The average Bonchev–Trinajstić information content (AvgIpc) is 2.29. The molecule has 2 aromatic rings. The van der Waals surface area contributed by atoms with E-state index in [9.17, 15) is 4.79 Å². The molecule has 1 nitrogen and oxygen atoms in total. The summed E-state index contributed by atoms with van der Waals surface area (Å²) in [5.41, 5.74) is 2.43. The van der Waals surface area contributed by atoms with Crippen LogP contribution in [0.2, 0.25) is 10.0 Å². The predicted octanol–water partition coefficient (Wildman–Crippen LogP) is 4.86. The first kappa shape index (κ1) is 12.2. The number of halogens is 2. The monoisotopic (exact) mass is 264 g/mol. The number of benzene rings is 2. The van der Waals surface area contributed by atoms with E-state index in [-0.39, 0.29) is 5.78 Å². The Hall–Kier alpha value is -1.31. The Kier molecular flexibility index (Phi) is 3.51. The maximum absolute atomic E-state index is 11.5. The lowest BCUT2D eigenvalue weighted by molar-refractivity contribution is 0.101. The number of ketones is 1. The fourth-order valence-corrected chi connectivity index (χ4v) is 1.99. The van der Waals surface area contributed by atoms with Crippen LogP contribution in [0.3, 0.4) is 0 Å². The highest BCUT2D eigenvalue weighted by molar-refractivity contribution is 6.31. The Morgan fingerprint density at radius 3 is 2.12 bits per heavy atom. The lowest BCUT2D eigenvalue weighted by Gasteiger charge is -2.08. The number of carbonyl (C=O) groups excluding carboxylic acids is 1. The van der Waals surface area contributed by atoms with E-state index in [1.807, 2.05) is 12.1 Å². The standard InChI is InChI=1S/C14H10Cl2O/c1-9(17)13-7-6-12(16)8-14(13)10-2-4-11(15)5-3-10/h2-8H,1H3. The molecule has 0 aliphatic carbocycles. The van der Waals surface area contributed by atoms with Crippen LogP contribution in [0.15, 0.2) is 42.5 Å². The summed E-state index contributed by atoms with van der Waals surface area (Å²) in [7, 11) is 0. The zero-order chi connectivity index (χ0) is 12.4. The molecule has 0 bridgehead atoms. The highest BCUT2D eigenvalue weighted by atomic mass is 35.5. The Morgan fingerprint density at radius 2 is 1.53 bits per heavy atom. The Labute approximate surface area is 110 Å². The van der Waals surface area contributed by atoms with Crippen molar-refractivity contribution in [2.45, 2.75) is 6.92 Å². The molecule has 0 aromatic heterocycles. The van der Waals surface area contributed by atoms with E-state index in [1.165, 1.54) is 0 Å². The molecule has 17 heavy (non-hydrogen) atoms. The van der Waals surface area contributed by atoms with E-state index >= 15 is 0 Å². The molecule has 0 saturated carbocycles. The van der Waals surface area contributed by atoms with Gasteiger partial charge in [0.15, 0.2) is 5.78 Å². The van der Waals surface area contributed by atoms with Crippen LogP contribution in [0.25, 0.3) is 11.1 Å². The molecule has 3 heteroatoms. The first-order valence-corrected chi connectivity index (χ1v) is 5.90. The summed E-state index contributed by atoms with van der Waals surface area (Å²) in [6.45, 7) is 1.54. The van der Waals surface area contributed by atoms with Crippen molar-refractivity contribution in [1.82, 2.24) is 0 Å². The van der Waals surface area contributed by atoms with Crippen molar-refractivity contribution in [3.8, 4) is 11.1 Å². The lowest BCUT2D eigenvalue weighted by Crippen LogP contribution is -1.95. The zero-order valence-electron chi connectivity index (χ0n) is 9.21. The van der Waals surface area contributed by atoms with E-state index in [1.54, 1.807) is 37.3 Å². The van der Waals surface area contributed by atoms with Crippen LogP contribution in [0.4, 0.5) is 0 Å². The molecule has 0 aliphatic rings. The van der Waals surface area contributed by atoms with Crippen molar-refractivity contribution >= 4 is 29.0 Å². The summed E-state index contributed by atoms with van der Waals surface area (Å²) in [6, 6.07) is 12.6. The van der Waals surface area contributed by atoms with E-state index in [0.717, 1.165) is 11.1 Å². The molecule has 0 aliphatic heterocycles. The topological polar surface area (TPSA) is 17.1 Å². The highest BCUT2D eigenvalue weighted by Crippen LogP contribution is 2.28. The van der Waals surface area contributed by atoms with Crippen LogP contribution in [0, 0.1) is 0 Å². The molecule has 2 rings (SSSR count). The van der Waals surface area contributed by atoms with Crippen LogP contribution in [-0.4, -0.2) is 5.78 Å². The Bertz CT molecular complexity index is 559. The highest BCUT2D eigenvalue weighted by Gasteiger charge is 2.09. The molecule has 0 radical (unpaired) electrons. The van der Waals surface area contributed by atoms with Gasteiger partial charge >= 0.3 is 0 Å². The van der Waals surface area contributed by atoms with Gasteiger partial charge in [-0.1, -0.05) is 35.3 Å². The smallest absolute Gasteiger partial charge is 0.160 e. The van der Waals surface area contributed by atoms with Crippen molar-refractivity contribution in [3.05, 3.63) is 58.1 Å².